The second-order valence-corrected chi connectivity index (χ2v) is 7.40. The fraction of sp³-hybridized carbons (Fsp3) is 0.571. The predicted octanol–water partition coefficient (Wildman–Crippen LogP) is 1.54. The second kappa shape index (κ2) is 10.4. The summed E-state index contributed by atoms with van der Waals surface area (Å²) in [4.78, 5) is 27.1. The average Bonchev–Trinajstić information content (AvgIpc) is 3.08. The highest BCUT2D eigenvalue weighted by Gasteiger charge is 2.27. The zero-order valence-corrected chi connectivity index (χ0v) is 18.0. The number of rotatable bonds is 9. The van der Waals surface area contributed by atoms with Gasteiger partial charge in [-0.3, -0.25) is 14.3 Å². The molecule has 0 unspecified atom stereocenters. The van der Waals surface area contributed by atoms with Crippen molar-refractivity contribution in [1.29, 1.82) is 0 Å². The molecule has 2 heterocycles. The van der Waals surface area contributed by atoms with Crippen LogP contribution in [0.1, 0.15) is 31.5 Å². The van der Waals surface area contributed by atoms with E-state index in [-0.39, 0.29) is 17.5 Å². The average molecular weight is 418 g/mol. The van der Waals surface area contributed by atoms with E-state index in [0.717, 1.165) is 31.8 Å². The summed E-state index contributed by atoms with van der Waals surface area (Å²) in [6.45, 7) is 5.37. The van der Waals surface area contributed by atoms with Gasteiger partial charge in [0, 0.05) is 19.6 Å². The lowest BCUT2D eigenvalue weighted by Gasteiger charge is -2.31. The highest BCUT2D eigenvalue weighted by molar-refractivity contribution is 5.93. The van der Waals surface area contributed by atoms with Gasteiger partial charge in [0.2, 0.25) is 5.91 Å². The molecule has 1 aliphatic rings. The molecule has 164 valence electrons. The van der Waals surface area contributed by atoms with E-state index < -0.39 is 0 Å². The molecule has 0 atom stereocenters. The molecule has 0 saturated carbocycles. The number of piperidine rings is 1. The van der Waals surface area contributed by atoms with Gasteiger partial charge in [0.1, 0.15) is 11.6 Å². The molecule has 0 bridgehead atoms. The molecule has 1 fully saturated rings. The number of aromatic nitrogens is 3. The van der Waals surface area contributed by atoms with Crippen molar-refractivity contribution in [2.24, 2.45) is 0 Å². The van der Waals surface area contributed by atoms with E-state index in [0.29, 0.717) is 37.7 Å². The number of ether oxygens (including phenoxy) is 2. The minimum atomic E-state index is -0.0804. The number of anilines is 1. The summed E-state index contributed by atoms with van der Waals surface area (Å²) in [7, 11) is 3.20. The van der Waals surface area contributed by atoms with Crippen molar-refractivity contribution in [3.63, 3.8) is 0 Å². The minimum absolute atomic E-state index is 0.0627. The number of para-hydroxylation sites is 2. The zero-order valence-electron chi connectivity index (χ0n) is 18.0. The number of benzene rings is 1. The lowest BCUT2D eigenvalue weighted by Crippen LogP contribution is -2.39. The second-order valence-electron chi connectivity index (χ2n) is 7.40. The number of nitrogens with one attached hydrogen (secondary N) is 1. The summed E-state index contributed by atoms with van der Waals surface area (Å²) in [6, 6.07) is 7.38. The predicted molar refractivity (Wildman–Crippen MR) is 114 cm³/mol. The molecule has 9 nitrogen and oxygen atoms in total. The summed E-state index contributed by atoms with van der Waals surface area (Å²) < 4.78 is 13.6. The smallest absolute Gasteiger partial charge is 0.345 e. The van der Waals surface area contributed by atoms with Crippen molar-refractivity contribution in [3.05, 3.63) is 40.6 Å². The van der Waals surface area contributed by atoms with Crippen molar-refractivity contribution in [2.45, 2.75) is 38.8 Å². The maximum Gasteiger partial charge on any atom is 0.345 e. The molecular weight excluding hydrogens is 386 g/mol. The van der Waals surface area contributed by atoms with Crippen LogP contribution in [0.25, 0.3) is 0 Å². The normalized spacial score (nSPS) is 15.3. The van der Waals surface area contributed by atoms with Crippen molar-refractivity contribution in [1.82, 2.24) is 19.2 Å². The van der Waals surface area contributed by atoms with Crippen LogP contribution in [0.2, 0.25) is 0 Å². The number of amides is 1. The molecule has 1 aliphatic heterocycles. The Balaban J connectivity index is 1.57. The molecule has 9 heteroatoms. The van der Waals surface area contributed by atoms with Crippen LogP contribution in [-0.2, 0) is 22.6 Å². The fourth-order valence-electron chi connectivity index (χ4n) is 3.87. The molecule has 30 heavy (non-hydrogen) atoms. The molecule has 2 aromatic rings. The standard InChI is InChI=1S/C21H31N5O4/c1-4-25-20(23-26(21(25)28)13-14-29-2)16-9-11-24(12-10-16)15-19(27)22-17-7-5-6-8-18(17)30-3/h5-8,16H,4,9-15H2,1-3H3,(H,22,27). The molecule has 1 saturated heterocycles. The monoisotopic (exact) mass is 417 g/mol. The molecule has 0 radical (unpaired) electrons. The van der Waals surface area contributed by atoms with Gasteiger partial charge in [0.15, 0.2) is 0 Å². The third-order valence-corrected chi connectivity index (χ3v) is 5.48. The first kappa shape index (κ1) is 22.0. The Morgan fingerprint density at radius 3 is 2.63 bits per heavy atom. The van der Waals surface area contributed by atoms with Crippen molar-refractivity contribution in [2.75, 3.05) is 45.8 Å². The number of hydrogen-bond donors (Lipinski definition) is 1. The lowest BCUT2D eigenvalue weighted by atomic mass is 9.96. The summed E-state index contributed by atoms with van der Waals surface area (Å²) in [5.74, 6) is 1.64. The summed E-state index contributed by atoms with van der Waals surface area (Å²) in [5.41, 5.74) is 0.594. The van der Waals surface area contributed by atoms with E-state index in [2.05, 4.69) is 15.3 Å². The van der Waals surface area contributed by atoms with Crippen LogP contribution in [-0.4, -0.2) is 65.6 Å². The molecule has 0 spiro atoms. The third kappa shape index (κ3) is 5.09. The van der Waals surface area contributed by atoms with Gasteiger partial charge in [-0.15, -0.1) is 0 Å². The van der Waals surface area contributed by atoms with Crippen LogP contribution in [0.5, 0.6) is 5.75 Å². The SMILES string of the molecule is CCn1c(C2CCN(CC(=O)Nc3ccccc3OC)CC2)nn(CCOC)c1=O. The van der Waals surface area contributed by atoms with Gasteiger partial charge >= 0.3 is 5.69 Å². The Kier molecular flexibility index (Phi) is 7.64. The Morgan fingerprint density at radius 1 is 1.23 bits per heavy atom. The van der Waals surface area contributed by atoms with Gasteiger partial charge in [-0.05, 0) is 45.0 Å². The maximum absolute atomic E-state index is 12.5. The van der Waals surface area contributed by atoms with Crippen LogP contribution >= 0.6 is 0 Å². The molecule has 3 rings (SSSR count). The molecular formula is C21H31N5O4. The highest BCUT2D eigenvalue weighted by Crippen LogP contribution is 2.27. The van der Waals surface area contributed by atoms with Crippen LogP contribution in [0.4, 0.5) is 5.69 Å². The topological polar surface area (TPSA) is 90.6 Å². The zero-order chi connectivity index (χ0) is 21.5. The van der Waals surface area contributed by atoms with Crippen LogP contribution in [0, 0.1) is 0 Å². The molecule has 0 aliphatic carbocycles. The van der Waals surface area contributed by atoms with Gasteiger partial charge in [-0.1, -0.05) is 12.1 Å². The number of likely N-dealkylation sites (tertiary alicyclic amines) is 1. The first-order valence-corrected chi connectivity index (χ1v) is 10.4. The summed E-state index contributed by atoms with van der Waals surface area (Å²) in [5, 5.41) is 7.50. The molecule has 1 amide bonds. The number of carbonyl (C=O) groups is 1. The van der Waals surface area contributed by atoms with Crippen molar-refractivity contribution < 1.29 is 14.3 Å². The Bertz CT molecular complexity index is 899. The Labute approximate surface area is 176 Å². The van der Waals surface area contributed by atoms with Crippen molar-refractivity contribution >= 4 is 11.6 Å². The quantitative estimate of drug-likeness (QED) is 0.666. The fourth-order valence-corrected chi connectivity index (χ4v) is 3.87. The summed E-state index contributed by atoms with van der Waals surface area (Å²) in [6.07, 6.45) is 1.73. The van der Waals surface area contributed by atoms with Gasteiger partial charge in [0.05, 0.1) is 32.5 Å². The maximum atomic E-state index is 12.5. The highest BCUT2D eigenvalue weighted by atomic mass is 16.5. The van der Waals surface area contributed by atoms with E-state index in [1.807, 2.05) is 31.2 Å². The molecule has 1 aromatic heterocycles. The number of methoxy groups -OCH3 is 2. The lowest BCUT2D eigenvalue weighted by molar-refractivity contribution is -0.117. The summed E-state index contributed by atoms with van der Waals surface area (Å²) >= 11 is 0. The van der Waals surface area contributed by atoms with Crippen LogP contribution < -0.4 is 15.7 Å². The molecule has 1 N–H and O–H groups in total. The first-order chi connectivity index (χ1) is 14.6. The Morgan fingerprint density at radius 2 is 1.97 bits per heavy atom. The van der Waals surface area contributed by atoms with Crippen LogP contribution in [0.15, 0.2) is 29.1 Å². The number of hydrogen-bond acceptors (Lipinski definition) is 6. The van der Waals surface area contributed by atoms with Gasteiger partial charge in [-0.2, -0.15) is 5.10 Å². The van der Waals surface area contributed by atoms with E-state index in [1.165, 1.54) is 4.68 Å². The third-order valence-electron chi connectivity index (χ3n) is 5.48. The van der Waals surface area contributed by atoms with E-state index in [4.69, 9.17) is 9.47 Å². The first-order valence-electron chi connectivity index (χ1n) is 10.4. The van der Waals surface area contributed by atoms with Gasteiger partial charge in [0.25, 0.3) is 0 Å². The van der Waals surface area contributed by atoms with Gasteiger partial charge in [-0.25, -0.2) is 9.48 Å². The van der Waals surface area contributed by atoms with E-state index in [1.54, 1.807) is 18.8 Å². The van der Waals surface area contributed by atoms with Crippen molar-refractivity contribution in [3.8, 4) is 5.75 Å². The molecule has 1 aromatic carbocycles. The number of carbonyl (C=O) groups excluding carboxylic acids is 1. The number of nitrogens with zero attached hydrogens (tertiary/aromatic N) is 4. The largest absolute Gasteiger partial charge is 0.495 e. The van der Waals surface area contributed by atoms with Crippen LogP contribution in [0.3, 0.4) is 0 Å². The Hall–Kier alpha value is -2.65. The van der Waals surface area contributed by atoms with E-state index in [9.17, 15) is 9.59 Å². The minimum Gasteiger partial charge on any atom is -0.495 e. The van der Waals surface area contributed by atoms with Gasteiger partial charge < -0.3 is 14.8 Å². The van der Waals surface area contributed by atoms with E-state index >= 15 is 0 Å².